The lowest BCUT2D eigenvalue weighted by Crippen LogP contribution is -2.05. The topological polar surface area (TPSA) is 80.6 Å². The number of rotatable bonds is 3. The molecule has 0 amide bonds. The summed E-state index contributed by atoms with van der Waals surface area (Å²) in [5, 5.41) is 19.8. The maximum atomic E-state index is 10.9. The van der Waals surface area contributed by atoms with Gasteiger partial charge in [0.15, 0.2) is 5.76 Å². The second-order valence-electron chi connectivity index (χ2n) is 4.57. The molecule has 6 nitrogen and oxygen atoms in total. The predicted octanol–water partition coefficient (Wildman–Crippen LogP) is 2.83. The number of aliphatic carboxylic acids is 1. The fourth-order valence-electron chi connectivity index (χ4n) is 2.31. The summed E-state index contributed by atoms with van der Waals surface area (Å²) in [6.07, 6.45) is -0.175. The number of carboxylic acids is 1. The lowest BCUT2D eigenvalue weighted by molar-refractivity contribution is -0.136. The van der Waals surface area contributed by atoms with E-state index >= 15 is 0 Å². The lowest BCUT2D eigenvalue weighted by Gasteiger charge is -1.97. The van der Waals surface area contributed by atoms with Crippen molar-refractivity contribution >= 4 is 33.2 Å². The van der Waals surface area contributed by atoms with Gasteiger partial charge in [-0.15, -0.1) is 21.5 Å². The first-order chi connectivity index (χ1) is 10.2. The van der Waals surface area contributed by atoms with E-state index in [1.54, 1.807) is 4.40 Å². The molecule has 0 radical (unpaired) electrons. The number of nitrogens with zero attached hydrogens (tertiary/aromatic N) is 3. The molecule has 0 spiro atoms. The molecule has 104 valence electrons. The van der Waals surface area contributed by atoms with Crippen LogP contribution in [-0.4, -0.2) is 25.7 Å². The molecule has 3 heterocycles. The van der Waals surface area contributed by atoms with Crippen molar-refractivity contribution in [3.05, 3.63) is 41.5 Å². The highest BCUT2D eigenvalue weighted by atomic mass is 32.1. The number of para-hydroxylation sites is 1. The van der Waals surface area contributed by atoms with Crippen molar-refractivity contribution in [2.24, 2.45) is 0 Å². The summed E-state index contributed by atoms with van der Waals surface area (Å²) in [4.78, 5) is 11.6. The second-order valence-corrected chi connectivity index (χ2v) is 5.41. The zero-order chi connectivity index (χ0) is 14.4. The summed E-state index contributed by atoms with van der Waals surface area (Å²) in [5.74, 6) is 0.133. The zero-order valence-electron chi connectivity index (χ0n) is 10.7. The molecule has 0 bridgehead atoms. The molecule has 0 saturated carbocycles. The van der Waals surface area contributed by atoms with Crippen molar-refractivity contribution in [1.29, 1.82) is 0 Å². The van der Waals surface area contributed by atoms with Crippen molar-refractivity contribution in [3.8, 4) is 11.5 Å². The van der Waals surface area contributed by atoms with Crippen molar-refractivity contribution in [2.45, 2.75) is 6.42 Å². The Bertz CT molecular complexity index is 933. The number of carboxylic acid groups (broad SMARTS) is 1. The van der Waals surface area contributed by atoms with E-state index in [1.165, 1.54) is 11.3 Å². The third kappa shape index (κ3) is 1.90. The van der Waals surface area contributed by atoms with Gasteiger partial charge >= 0.3 is 5.97 Å². The number of carbonyl (C=O) groups is 1. The molecule has 0 fully saturated rings. The fraction of sp³-hybridized carbons (Fsp3) is 0.0714. The van der Waals surface area contributed by atoms with Gasteiger partial charge in [0.05, 0.1) is 0 Å². The number of benzene rings is 1. The molecule has 4 rings (SSSR count). The van der Waals surface area contributed by atoms with Crippen LogP contribution < -0.4 is 0 Å². The van der Waals surface area contributed by atoms with Gasteiger partial charge in [-0.05, 0) is 12.1 Å². The molecular formula is C14H9N3O3S. The predicted molar refractivity (Wildman–Crippen MR) is 77.4 cm³/mol. The minimum absolute atomic E-state index is 0.175. The first-order valence-electron chi connectivity index (χ1n) is 6.24. The summed E-state index contributed by atoms with van der Waals surface area (Å²) < 4.78 is 7.57. The zero-order valence-corrected chi connectivity index (χ0v) is 11.5. The normalized spacial score (nSPS) is 11.4. The van der Waals surface area contributed by atoms with Crippen LogP contribution in [0.1, 0.15) is 5.82 Å². The summed E-state index contributed by atoms with van der Waals surface area (Å²) >= 11 is 1.40. The number of thiazole rings is 1. The Morgan fingerprint density at radius 2 is 2.19 bits per heavy atom. The molecule has 0 aliphatic rings. The van der Waals surface area contributed by atoms with Gasteiger partial charge in [-0.3, -0.25) is 9.20 Å². The summed E-state index contributed by atoms with van der Waals surface area (Å²) in [6.45, 7) is 0. The van der Waals surface area contributed by atoms with E-state index in [9.17, 15) is 4.79 Å². The average Bonchev–Trinajstić information content (AvgIpc) is 3.12. The molecule has 0 unspecified atom stereocenters. The maximum absolute atomic E-state index is 10.9. The van der Waals surface area contributed by atoms with Crippen LogP contribution in [0, 0.1) is 0 Å². The molecule has 3 aromatic heterocycles. The molecule has 1 N–H and O–H groups in total. The average molecular weight is 299 g/mol. The van der Waals surface area contributed by atoms with Gasteiger partial charge in [0.1, 0.15) is 23.5 Å². The van der Waals surface area contributed by atoms with Crippen LogP contribution in [0.4, 0.5) is 0 Å². The molecular weight excluding hydrogens is 290 g/mol. The quantitative estimate of drug-likeness (QED) is 0.629. The van der Waals surface area contributed by atoms with E-state index in [4.69, 9.17) is 9.52 Å². The van der Waals surface area contributed by atoms with E-state index in [0.29, 0.717) is 16.5 Å². The van der Waals surface area contributed by atoms with Gasteiger partial charge in [-0.2, -0.15) is 0 Å². The maximum Gasteiger partial charge on any atom is 0.311 e. The molecule has 0 aliphatic carbocycles. The first-order valence-corrected chi connectivity index (χ1v) is 7.12. The minimum atomic E-state index is -0.939. The van der Waals surface area contributed by atoms with E-state index in [1.807, 2.05) is 35.7 Å². The monoisotopic (exact) mass is 299 g/mol. The van der Waals surface area contributed by atoms with Gasteiger partial charge in [0.25, 0.3) is 0 Å². The van der Waals surface area contributed by atoms with Crippen LogP contribution in [-0.2, 0) is 11.2 Å². The Balaban J connectivity index is 1.92. The van der Waals surface area contributed by atoms with Crippen molar-refractivity contribution < 1.29 is 14.3 Å². The molecule has 0 atom stereocenters. The van der Waals surface area contributed by atoms with Gasteiger partial charge in [-0.25, -0.2) is 0 Å². The van der Waals surface area contributed by atoms with Crippen LogP contribution in [0.5, 0.6) is 0 Å². The Morgan fingerprint density at radius 3 is 3.00 bits per heavy atom. The first kappa shape index (κ1) is 12.1. The third-order valence-corrected chi connectivity index (χ3v) is 4.02. The Hall–Kier alpha value is -2.67. The molecule has 21 heavy (non-hydrogen) atoms. The van der Waals surface area contributed by atoms with E-state index in [-0.39, 0.29) is 6.42 Å². The lowest BCUT2D eigenvalue weighted by atomic mass is 10.2. The number of fused-ring (bicyclic) bond motifs is 2. The fourth-order valence-corrected chi connectivity index (χ4v) is 3.14. The SMILES string of the molecule is O=C(O)Cc1nnc2scc(-c3cc4ccccc4o3)n12. The highest BCUT2D eigenvalue weighted by Crippen LogP contribution is 2.31. The number of hydrogen-bond donors (Lipinski definition) is 1. The standard InChI is InChI=1S/C14H9N3O3S/c18-13(19)6-12-15-16-14-17(12)9(7-21-14)11-5-8-3-1-2-4-10(8)20-11/h1-5,7H,6H2,(H,18,19). The Kier molecular flexibility index (Phi) is 2.55. The highest BCUT2D eigenvalue weighted by Gasteiger charge is 2.17. The van der Waals surface area contributed by atoms with Crippen LogP contribution in [0.2, 0.25) is 0 Å². The molecule has 7 heteroatoms. The third-order valence-electron chi connectivity index (χ3n) is 3.20. The minimum Gasteiger partial charge on any atom is -0.481 e. The molecule has 4 aromatic rings. The highest BCUT2D eigenvalue weighted by molar-refractivity contribution is 7.15. The van der Waals surface area contributed by atoms with Crippen molar-refractivity contribution in [3.63, 3.8) is 0 Å². The van der Waals surface area contributed by atoms with Gasteiger partial charge in [0, 0.05) is 10.8 Å². The van der Waals surface area contributed by atoms with Gasteiger partial charge in [-0.1, -0.05) is 18.2 Å². The number of hydrogen-bond acceptors (Lipinski definition) is 5. The van der Waals surface area contributed by atoms with E-state index in [0.717, 1.165) is 16.7 Å². The largest absolute Gasteiger partial charge is 0.481 e. The van der Waals surface area contributed by atoms with E-state index < -0.39 is 5.97 Å². The molecule has 0 saturated heterocycles. The second kappa shape index (κ2) is 4.42. The number of aromatic nitrogens is 3. The molecule has 0 aliphatic heterocycles. The van der Waals surface area contributed by atoms with Crippen LogP contribution >= 0.6 is 11.3 Å². The smallest absolute Gasteiger partial charge is 0.311 e. The Morgan fingerprint density at radius 1 is 1.33 bits per heavy atom. The van der Waals surface area contributed by atoms with E-state index in [2.05, 4.69) is 10.2 Å². The van der Waals surface area contributed by atoms with Crippen LogP contribution in [0.3, 0.4) is 0 Å². The van der Waals surface area contributed by atoms with Crippen LogP contribution in [0.25, 0.3) is 27.4 Å². The summed E-state index contributed by atoms with van der Waals surface area (Å²) in [5.41, 5.74) is 1.56. The van der Waals surface area contributed by atoms with Gasteiger partial charge < -0.3 is 9.52 Å². The van der Waals surface area contributed by atoms with Crippen molar-refractivity contribution in [1.82, 2.24) is 14.6 Å². The Labute approximate surface area is 122 Å². The molecule has 1 aromatic carbocycles. The van der Waals surface area contributed by atoms with Crippen LogP contribution in [0.15, 0.2) is 40.1 Å². The van der Waals surface area contributed by atoms with Gasteiger partial charge in [0.2, 0.25) is 4.96 Å². The summed E-state index contributed by atoms with van der Waals surface area (Å²) in [6, 6.07) is 9.65. The number of furan rings is 1. The van der Waals surface area contributed by atoms with Crippen molar-refractivity contribution in [2.75, 3.05) is 0 Å². The summed E-state index contributed by atoms with van der Waals surface area (Å²) in [7, 11) is 0.